The first-order valence-corrected chi connectivity index (χ1v) is 9.87. The molecule has 164 valence electrons. The van der Waals surface area contributed by atoms with Crippen molar-refractivity contribution in [3.63, 3.8) is 0 Å². The summed E-state index contributed by atoms with van der Waals surface area (Å²) in [4.78, 5) is 12.9. The number of carbonyl (C=O) groups excluding carboxylic acids is 1. The summed E-state index contributed by atoms with van der Waals surface area (Å²) >= 11 is 0. The molecule has 0 fully saturated rings. The number of aromatic hydroxyl groups is 1. The van der Waals surface area contributed by atoms with Crippen LogP contribution < -0.4 is 14.8 Å². The average molecular weight is 425 g/mol. The second-order valence-corrected chi connectivity index (χ2v) is 8.36. The van der Waals surface area contributed by atoms with E-state index in [2.05, 4.69) is 36.4 Å². The third-order valence-corrected chi connectivity index (χ3v) is 5.14. The second-order valence-electron chi connectivity index (χ2n) is 8.36. The predicted molar refractivity (Wildman–Crippen MR) is 119 cm³/mol. The summed E-state index contributed by atoms with van der Waals surface area (Å²) in [6.45, 7) is 9.84. The standard InChI is InChI=1S/C23H28N4O4/c1-13-10-17(20(31-7)12-19(13)30-6)27-14(2)21(25-26-27)22(29)24-16-11-15(23(3,4)5)8-9-18(16)28/h8-12,28H,1-7H3,(H,24,29). The summed E-state index contributed by atoms with van der Waals surface area (Å²) < 4.78 is 12.4. The molecule has 0 atom stereocenters. The van der Waals surface area contributed by atoms with Crippen molar-refractivity contribution < 1.29 is 19.4 Å². The van der Waals surface area contributed by atoms with Gasteiger partial charge in [0.1, 0.15) is 22.9 Å². The lowest BCUT2D eigenvalue weighted by atomic mass is 9.87. The van der Waals surface area contributed by atoms with Crippen LogP contribution in [-0.4, -0.2) is 40.2 Å². The topological polar surface area (TPSA) is 98.5 Å². The number of hydrogen-bond acceptors (Lipinski definition) is 6. The number of hydrogen-bond donors (Lipinski definition) is 2. The van der Waals surface area contributed by atoms with E-state index in [1.54, 1.807) is 44.0 Å². The maximum Gasteiger partial charge on any atom is 0.278 e. The number of rotatable bonds is 5. The molecule has 3 rings (SSSR count). The van der Waals surface area contributed by atoms with Gasteiger partial charge in [-0.1, -0.05) is 32.1 Å². The van der Waals surface area contributed by atoms with Crippen LogP contribution in [0, 0.1) is 13.8 Å². The molecule has 2 aromatic carbocycles. The molecule has 0 aliphatic rings. The molecule has 31 heavy (non-hydrogen) atoms. The van der Waals surface area contributed by atoms with E-state index in [1.165, 1.54) is 0 Å². The average Bonchev–Trinajstić information content (AvgIpc) is 3.09. The molecule has 0 aliphatic heterocycles. The van der Waals surface area contributed by atoms with E-state index in [1.807, 2.05) is 19.1 Å². The Balaban J connectivity index is 1.96. The fourth-order valence-electron chi connectivity index (χ4n) is 3.26. The number of anilines is 1. The van der Waals surface area contributed by atoms with Gasteiger partial charge in [0, 0.05) is 6.07 Å². The van der Waals surface area contributed by atoms with Crippen LogP contribution in [0.15, 0.2) is 30.3 Å². The molecule has 0 bridgehead atoms. The third kappa shape index (κ3) is 4.33. The zero-order valence-corrected chi connectivity index (χ0v) is 18.9. The molecular weight excluding hydrogens is 396 g/mol. The van der Waals surface area contributed by atoms with Gasteiger partial charge in [0.25, 0.3) is 5.91 Å². The molecule has 0 aliphatic carbocycles. The summed E-state index contributed by atoms with van der Waals surface area (Å²) in [5.74, 6) is 0.747. The number of carbonyl (C=O) groups is 1. The Labute approximate surface area is 181 Å². The minimum absolute atomic E-state index is 0.0150. The number of benzene rings is 2. The molecule has 1 heterocycles. The summed E-state index contributed by atoms with van der Waals surface area (Å²) in [5.41, 5.74) is 3.40. The van der Waals surface area contributed by atoms with Crippen molar-refractivity contribution in [2.45, 2.75) is 40.0 Å². The molecule has 0 saturated heterocycles. The number of nitrogens with one attached hydrogen (secondary N) is 1. The van der Waals surface area contributed by atoms with Gasteiger partial charge < -0.3 is 19.9 Å². The van der Waals surface area contributed by atoms with Crippen LogP contribution >= 0.6 is 0 Å². The van der Waals surface area contributed by atoms with Crippen molar-refractivity contribution in [3.05, 3.63) is 52.8 Å². The first-order chi connectivity index (χ1) is 14.6. The SMILES string of the molecule is COc1cc(OC)c(-n2nnc(C(=O)Nc3cc(C(C)(C)C)ccc3O)c2C)cc1C. The van der Waals surface area contributed by atoms with Crippen LogP contribution in [-0.2, 0) is 5.41 Å². The van der Waals surface area contributed by atoms with Gasteiger partial charge in [-0.2, -0.15) is 0 Å². The highest BCUT2D eigenvalue weighted by atomic mass is 16.5. The lowest BCUT2D eigenvalue weighted by Gasteiger charge is -2.20. The minimum Gasteiger partial charge on any atom is -0.506 e. The molecule has 0 unspecified atom stereocenters. The Bertz CT molecular complexity index is 1130. The number of aromatic nitrogens is 3. The Kier molecular flexibility index (Phi) is 5.92. The van der Waals surface area contributed by atoms with Crippen LogP contribution in [0.25, 0.3) is 5.69 Å². The van der Waals surface area contributed by atoms with Gasteiger partial charge in [-0.3, -0.25) is 4.79 Å². The molecule has 0 radical (unpaired) electrons. The first-order valence-electron chi connectivity index (χ1n) is 9.87. The Morgan fingerprint density at radius 1 is 1.06 bits per heavy atom. The number of amides is 1. The Morgan fingerprint density at radius 3 is 2.35 bits per heavy atom. The molecule has 2 N–H and O–H groups in total. The van der Waals surface area contributed by atoms with Crippen molar-refractivity contribution in [2.75, 3.05) is 19.5 Å². The third-order valence-electron chi connectivity index (χ3n) is 5.14. The fourth-order valence-corrected chi connectivity index (χ4v) is 3.26. The summed E-state index contributed by atoms with van der Waals surface area (Å²) in [6, 6.07) is 8.81. The van der Waals surface area contributed by atoms with Crippen molar-refractivity contribution in [2.24, 2.45) is 0 Å². The van der Waals surface area contributed by atoms with Crippen molar-refractivity contribution in [1.29, 1.82) is 0 Å². The maximum absolute atomic E-state index is 12.9. The van der Waals surface area contributed by atoms with Gasteiger partial charge >= 0.3 is 0 Å². The highest BCUT2D eigenvalue weighted by Gasteiger charge is 2.22. The quantitative estimate of drug-likeness (QED) is 0.597. The van der Waals surface area contributed by atoms with Gasteiger partial charge in [-0.25, -0.2) is 4.68 Å². The summed E-state index contributed by atoms with van der Waals surface area (Å²) in [6.07, 6.45) is 0. The van der Waals surface area contributed by atoms with E-state index in [0.717, 1.165) is 11.1 Å². The van der Waals surface area contributed by atoms with E-state index in [4.69, 9.17) is 9.47 Å². The zero-order valence-electron chi connectivity index (χ0n) is 18.9. The summed E-state index contributed by atoms with van der Waals surface area (Å²) in [5, 5.41) is 21.2. The van der Waals surface area contributed by atoms with Gasteiger partial charge in [-0.15, -0.1) is 5.10 Å². The van der Waals surface area contributed by atoms with E-state index < -0.39 is 5.91 Å². The molecule has 0 spiro atoms. The highest BCUT2D eigenvalue weighted by Crippen LogP contribution is 2.33. The maximum atomic E-state index is 12.9. The fraction of sp³-hybridized carbons (Fsp3) is 0.348. The van der Waals surface area contributed by atoms with Crippen molar-refractivity contribution in [3.8, 4) is 22.9 Å². The molecule has 8 nitrogen and oxygen atoms in total. The smallest absolute Gasteiger partial charge is 0.278 e. The number of ether oxygens (including phenoxy) is 2. The van der Waals surface area contributed by atoms with Crippen LogP contribution in [0.5, 0.6) is 17.2 Å². The van der Waals surface area contributed by atoms with E-state index in [-0.39, 0.29) is 16.9 Å². The normalized spacial score (nSPS) is 11.3. The van der Waals surface area contributed by atoms with Crippen LogP contribution in [0.1, 0.15) is 48.1 Å². The number of nitrogens with zero attached hydrogens (tertiary/aromatic N) is 3. The molecule has 1 aromatic heterocycles. The lowest BCUT2D eigenvalue weighted by Crippen LogP contribution is -2.16. The number of aryl methyl sites for hydroxylation is 1. The van der Waals surface area contributed by atoms with E-state index >= 15 is 0 Å². The van der Waals surface area contributed by atoms with Crippen LogP contribution in [0.3, 0.4) is 0 Å². The monoisotopic (exact) mass is 424 g/mol. The highest BCUT2D eigenvalue weighted by molar-refractivity contribution is 6.04. The largest absolute Gasteiger partial charge is 0.506 e. The Morgan fingerprint density at radius 2 is 1.74 bits per heavy atom. The molecule has 0 saturated carbocycles. The molecular formula is C23H28N4O4. The van der Waals surface area contributed by atoms with Gasteiger partial charge in [-0.05, 0) is 48.6 Å². The lowest BCUT2D eigenvalue weighted by molar-refractivity contribution is 0.102. The van der Waals surface area contributed by atoms with Crippen LogP contribution in [0.2, 0.25) is 0 Å². The first kappa shape index (κ1) is 22.1. The van der Waals surface area contributed by atoms with Gasteiger partial charge in [0.15, 0.2) is 5.69 Å². The second kappa shape index (κ2) is 8.29. The predicted octanol–water partition coefficient (Wildman–Crippen LogP) is 4.16. The van der Waals surface area contributed by atoms with Gasteiger partial charge in [0.05, 0.1) is 25.6 Å². The van der Waals surface area contributed by atoms with Crippen molar-refractivity contribution >= 4 is 11.6 Å². The van der Waals surface area contributed by atoms with Crippen molar-refractivity contribution in [1.82, 2.24) is 15.0 Å². The van der Waals surface area contributed by atoms with E-state index in [0.29, 0.717) is 28.6 Å². The number of phenols is 1. The molecule has 3 aromatic rings. The van der Waals surface area contributed by atoms with Gasteiger partial charge in [0.2, 0.25) is 0 Å². The number of phenolic OH excluding ortho intramolecular Hbond substituents is 1. The van der Waals surface area contributed by atoms with E-state index in [9.17, 15) is 9.90 Å². The van der Waals surface area contributed by atoms with Crippen LogP contribution in [0.4, 0.5) is 5.69 Å². The minimum atomic E-state index is -0.464. The number of methoxy groups -OCH3 is 2. The Hall–Kier alpha value is -3.55. The molecule has 1 amide bonds. The summed E-state index contributed by atoms with van der Waals surface area (Å²) in [7, 11) is 3.15. The zero-order chi connectivity index (χ0) is 22.9. The molecule has 8 heteroatoms.